The highest BCUT2D eigenvalue weighted by Gasteiger charge is 2.25. The molecule has 1 aliphatic heterocycles. The Morgan fingerprint density at radius 2 is 1.94 bits per heavy atom. The second kappa shape index (κ2) is 4.96. The second-order valence-electron chi connectivity index (χ2n) is 4.63. The van der Waals surface area contributed by atoms with Crippen LogP contribution in [0.5, 0.6) is 0 Å². The highest BCUT2D eigenvalue weighted by molar-refractivity contribution is 6.02. The first kappa shape index (κ1) is 12.2. The fourth-order valence-corrected chi connectivity index (χ4v) is 2.41. The standard InChI is InChI=1S/C14H17FO2/c1-9-7-11(15)8-10(2)13(9)14(16)12-5-3-4-6-17-12/h7-8,12H,3-6H2,1-2H3. The molecule has 92 valence electrons. The third-order valence-electron chi connectivity index (χ3n) is 3.22. The molecule has 0 bridgehead atoms. The molecule has 2 rings (SSSR count). The first-order valence-corrected chi connectivity index (χ1v) is 6.02. The monoisotopic (exact) mass is 236 g/mol. The van der Waals surface area contributed by atoms with Gasteiger partial charge in [-0.15, -0.1) is 0 Å². The molecule has 0 aromatic heterocycles. The van der Waals surface area contributed by atoms with Crippen LogP contribution in [-0.4, -0.2) is 18.5 Å². The van der Waals surface area contributed by atoms with E-state index in [0.29, 0.717) is 23.3 Å². The first-order chi connectivity index (χ1) is 8.09. The number of hydrogen-bond acceptors (Lipinski definition) is 2. The van der Waals surface area contributed by atoms with Gasteiger partial charge in [-0.1, -0.05) is 0 Å². The van der Waals surface area contributed by atoms with Gasteiger partial charge in [0.05, 0.1) is 0 Å². The lowest BCUT2D eigenvalue weighted by Gasteiger charge is -2.22. The van der Waals surface area contributed by atoms with Crippen LogP contribution in [0, 0.1) is 19.7 Å². The van der Waals surface area contributed by atoms with Crippen LogP contribution < -0.4 is 0 Å². The fraction of sp³-hybridized carbons (Fsp3) is 0.500. The van der Waals surface area contributed by atoms with Crippen LogP contribution >= 0.6 is 0 Å². The Bertz CT molecular complexity index is 411. The van der Waals surface area contributed by atoms with Crippen LogP contribution in [0.3, 0.4) is 0 Å². The van der Waals surface area contributed by atoms with Gasteiger partial charge in [0.15, 0.2) is 5.78 Å². The molecular weight excluding hydrogens is 219 g/mol. The van der Waals surface area contributed by atoms with Crippen molar-refractivity contribution in [3.05, 3.63) is 34.6 Å². The normalized spacial score (nSPS) is 20.3. The topological polar surface area (TPSA) is 26.3 Å². The summed E-state index contributed by atoms with van der Waals surface area (Å²) >= 11 is 0. The summed E-state index contributed by atoms with van der Waals surface area (Å²) in [5.74, 6) is -0.291. The maximum Gasteiger partial charge on any atom is 0.192 e. The lowest BCUT2D eigenvalue weighted by Crippen LogP contribution is -2.29. The van der Waals surface area contributed by atoms with Gasteiger partial charge in [0.1, 0.15) is 11.9 Å². The number of carbonyl (C=O) groups excluding carboxylic acids is 1. The van der Waals surface area contributed by atoms with Crippen molar-refractivity contribution < 1.29 is 13.9 Å². The average molecular weight is 236 g/mol. The van der Waals surface area contributed by atoms with Gasteiger partial charge in [-0.25, -0.2) is 4.39 Å². The van der Waals surface area contributed by atoms with Gasteiger partial charge < -0.3 is 4.74 Å². The van der Waals surface area contributed by atoms with Gasteiger partial charge in [0.25, 0.3) is 0 Å². The predicted molar refractivity (Wildman–Crippen MR) is 63.8 cm³/mol. The number of carbonyl (C=O) groups is 1. The van der Waals surface area contributed by atoms with E-state index < -0.39 is 0 Å². The molecule has 1 atom stereocenters. The lowest BCUT2D eigenvalue weighted by molar-refractivity contribution is 0.0185. The van der Waals surface area contributed by atoms with Gasteiger partial charge in [-0.2, -0.15) is 0 Å². The lowest BCUT2D eigenvalue weighted by atomic mass is 9.93. The van der Waals surface area contributed by atoms with Crippen molar-refractivity contribution in [2.45, 2.75) is 39.2 Å². The van der Waals surface area contributed by atoms with E-state index in [0.717, 1.165) is 19.3 Å². The Labute approximate surface area is 101 Å². The van der Waals surface area contributed by atoms with E-state index in [1.54, 1.807) is 13.8 Å². The minimum Gasteiger partial charge on any atom is -0.370 e. The van der Waals surface area contributed by atoms with Gasteiger partial charge in [-0.05, 0) is 56.4 Å². The van der Waals surface area contributed by atoms with E-state index in [2.05, 4.69) is 0 Å². The van der Waals surface area contributed by atoms with E-state index in [1.807, 2.05) is 0 Å². The third kappa shape index (κ3) is 2.55. The molecule has 1 unspecified atom stereocenters. The smallest absolute Gasteiger partial charge is 0.192 e. The number of halogens is 1. The Balaban J connectivity index is 2.30. The fourth-order valence-electron chi connectivity index (χ4n) is 2.41. The summed E-state index contributed by atoms with van der Waals surface area (Å²) in [4.78, 5) is 12.3. The molecule has 17 heavy (non-hydrogen) atoms. The third-order valence-corrected chi connectivity index (χ3v) is 3.22. The summed E-state index contributed by atoms with van der Waals surface area (Å²) < 4.78 is 18.7. The Morgan fingerprint density at radius 3 is 2.47 bits per heavy atom. The SMILES string of the molecule is Cc1cc(F)cc(C)c1C(=O)C1CCCCO1. The number of benzene rings is 1. The largest absolute Gasteiger partial charge is 0.370 e. The van der Waals surface area contributed by atoms with Crippen LogP contribution in [0.2, 0.25) is 0 Å². The van der Waals surface area contributed by atoms with Crippen molar-refractivity contribution in [1.29, 1.82) is 0 Å². The predicted octanol–water partition coefficient (Wildman–Crippen LogP) is 3.19. The quantitative estimate of drug-likeness (QED) is 0.737. The summed E-state index contributed by atoms with van der Waals surface area (Å²) in [5, 5.41) is 0. The van der Waals surface area contributed by atoms with Gasteiger partial charge in [0, 0.05) is 12.2 Å². The van der Waals surface area contributed by atoms with Crippen LogP contribution in [0.15, 0.2) is 12.1 Å². The van der Waals surface area contributed by atoms with Gasteiger partial charge in [-0.3, -0.25) is 4.79 Å². The Kier molecular flexibility index (Phi) is 3.57. The number of ketones is 1. The summed E-state index contributed by atoms with van der Waals surface area (Å²) in [5.41, 5.74) is 2.02. The molecule has 0 N–H and O–H groups in total. The molecule has 1 aromatic rings. The molecule has 0 radical (unpaired) electrons. The van der Waals surface area contributed by atoms with Gasteiger partial charge in [0.2, 0.25) is 0 Å². The highest BCUT2D eigenvalue weighted by atomic mass is 19.1. The molecule has 2 nitrogen and oxygen atoms in total. The molecule has 0 aliphatic carbocycles. The molecule has 1 heterocycles. The van der Waals surface area contributed by atoms with Crippen molar-refractivity contribution in [3.63, 3.8) is 0 Å². The maximum absolute atomic E-state index is 13.2. The van der Waals surface area contributed by atoms with Crippen molar-refractivity contribution in [1.82, 2.24) is 0 Å². The van der Waals surface area contributed by atoms with Crippen molar-refractivity contribution >= 4 is 5.78 Å². The van der Waals surface area contributed by atoms with Crippen LogP contribution in [0.1, 0.15) is 40.7 Å². The van der Waals surface area contributed by atoms with Crippen molar-refractivity contribution in [3.8, 4) is 0 Å². The summed E-state index contributed by atoms with van der Waals surface area (Å²) in [6, 6.07) is 2.81. The van der Waals surface area contributed by atoms with Crippen LogP contribution in [0.25, 0.3) is 0 Å². The zero-order chi connectivity index (χ0) is 12.4. The maximum atomic E-state index is 13.2. The number of hydrogen-bond donors (Lipinski definition) is 0. The molecule has 1 aliphatic rings. The molecule has 3 heteroatoms. The molecule has 1 saturated heterocycles. The minimum atomic E-state index is -0.341. The van der Waals surface area contributed by atoms with E-state index in [4.69, 9.17) is 4.74 Å². The van der Waals surface area contributed by atoms with Crippen molar-refractivity contribution in [2.24, 2.45) is 0 Å². The van der Waals surface area contributed by atoms with Crippen LogP contribution in [0.4, 0.5) is 4.39 Å². The summed E-state index contributed by atoms with van der Waals surface area (Å²) in [6.07, 6.45) is 2.47. The molecule has 1 fully saturated rings. The summed E-state index contributed by atoms with van der Waals surface area (Å²) in [6.45, 7) is 4.19. The molecular formula is C14H17FO2. The number of rotatable bonds is 2. The minimum absolute atomic E-state index is 0.000278. The van der Waals surface area contributed by atoms with Crippen LogP contribution in [-0.2, 0) is 4.74 Å². The molecule has 0 amide bonds. The second-order valence-corrected chi connectivity index (χ2v) is 4.63. The van der Waals surface area contributed by atoms with E-state index in [9.17, 15) is 9.18 Å². The molecule has 1 aromatic carbocycles. The first-order valence-electron chi connectivity index (χ1n) is 6.02. The number of aryl methyl sites for hydroxylation is 2. The number of Topliss-reactive ketones (excluding diaryl/α,β-unsaturated/α-hetero) is 1. The van der Waals surface area contributed by atoms with E-state index in [-0.39, 0.29) is 17.7 Å². The number of ether oxygens (including phenoxy) is 1. The van der Waals surface area contributed by atoms with E-state index in [1.165, 1.54) is 12.1 Å². The average Bonchev–Trinajstić information content (AvgIpc) is 2.28. The Hall–Kier alpha value is -1.22. The summed E-state index contributed by atoms with van der Waals surface area (Å²) in [7, 11) is 0. The molecule has 0 saturated carbocycles. The zero-order valence-electron chi connectivity index (χ0n) is 10.3. The molecule has 0 spiro atoms. The zero-order valence-corrected chi connectivity index (χ0v) is 10.3. The van der Waals surface area contributed by atoms with E-state index >= 15 is 0 Å². The highest BCUT2D eigenvalue weighted by Crippen LogP contribution is 2.22. The van der Waals surface area contributed by atoms with Crippen molar-refractivity contribution in [2.75, 3.05) is 6.61 Å². The van der Waals surface area contributed by atoms with Gasteiger partial charge >= 0.3 is 0 Å². The Morgan fingerprint density at radius 1 is 1.29 bits per heavy atom.